The third-order valence-electron chi connectivity index (χ3n) is 3.53. The average Bonchev–Trinajstić information content (AvgIpc) is 2.42. The summed E-state index contributed by atoms with van der Waals surface area (Å²) in [5.41, 5.74) is 4.39. The maximum atomic E-state index is 12.1. The van der Waals surface area contributed by atoms with Gasteiger partial charge in [-0.15, -0.1) is 0 Å². The molecule has 0 radical (unpaired) electrons. The molecular formula is C16H22N2O. The summed E-state index contributed by atoms with van der Waals surface area (Å²) >= 11 is 0. The van der Waals surface area contributed by atoms with Gasteiger partial charge >= 0.3 is 0 Å². The first-order chi connectivity index (χ1) is 9.16. The Morgan fingerprint density at radius 3 is 2.95 bits per heavy atom. The number of rotatable bonds is 4. The lowest BCUT2D eigenvalue weighted by molar-refractivity contribution is 0.0953. The fraction of sp³-hybridized carbons (Fsp3) is 0.438. The molecule has 3 heteroatoms. The highest BCUT2D eigenvalue weighted by Gasteiger charge is 2.09. The van der Waals surface area contributed by atoms with Crippen molar-refractivity contribution in [2.45, 2.75) is 26.7 Å². The van der Waals surface area contributed by atoms with Crippen molar-refractivity contribution in [2.75, 3.05) is 19.6 Å². The van der Waals surface area contributed by atoms with Crippen molar-refractivity contribution >= 4 is 5.91 Å². The van der Waals surface area contributed by atoms with Gasteiger partial charge in [-0.3, -0.25) is 4.79 Å². The number of hydrogen-bond donors (Lipinski definition) is 2. The van der Waals surface area contributed by atoms with E-state index in [-0.39, 0.29) is 5.91 Å². The normalized spacial score (nSPS) is 14.9. The van der Waals surface area contributed by atoms with E-state index < -0.39 is 0 Å². The molecule has 0 saturated heterocycles. The van der Waals surface area contributed by atoms with Gasteiger partial charge in [0.25, 0.3) is 5.91 Å². The molecule has 3 nitrogen and oxygen atoms in total. The third-order valence-corrected chi connectivity index (χ3v) is 3.53. The molecule has 0 aliphatic carbocycles. The minimum Gasteiger partial charge on any atom is -0.352 e. The number of carbonyl (C=O) groups excluding carboxylic acids is 1. The number of nitrogens with one attached hydrogen (secondary N) is 2. The van der Waals surface area contributed by atoms with Gasteiger partial charge in [0, 0.05) is 18.7 Å². The quantitative estimate of drug-likeness (QED) is 0.814. The second-order valence-electron chi connectivity index (χ2n) is 5.14. The number of amides is 1. The zero-order valence-electron chi connectivity index (χ0n) is 11.8. The first kappa shape index (κ1) is 13.8. The summed E-state index contributed by atoms with van der Waals surface area (Å²) in [6.45, 7) is 6.72. The fourth-order valence-corrected chi connectivity index (χ4v) is 2.31. The highest BCUT2D eigenvalue weighted by molar-refractivity contribution is 5.95. The molecule has 0 atom stereocenters. The Morgan fingerprint density at radius 1 is 1.37 bits per heavy atom. The number of aryl methyl sites for hydroxylation is 2. The Kier molecular flexibility index (Phi) is 4.74. The fourth-order valence-electron chi connectivity index (χ4n) is 2.31. The van der Waals surface area contributed by atoms with Crippen molar-refractivity contribution in [3.8, 4) is 0 Å². The molecule has 19 heavy (non-hydrogen) atoms. The predicted molar refractivity (Wildman–Crippen MR) is 78.4 cm³/mol. The van der Waals surface area contributed by atoms with Gasteiger partial charge < -0.3 is 10.6 Å². The van der Waals surface area contributed by atoms with Crippen LogP contribution in [0.2, 0.25) is 0 Å². The zero-order chi connectivity index (χ0) is 13.7. The van der Waals surface area contributed by atoms with Gasteiger partial charge in [0.05, 0.1) is 0 Å². The van der Waals surface area contributed by atoms with Crippen LogP contribution in [0.15, 0.2) is 29.8 Å². The maximum Gasteiger partial charge on any atom is 0.251 e. The lowest BCUT2D eigenvalue weighted by Gasteiger charge is -2.14. The number of hydrogen-bond acceptors (Lipinski definition) is 2. The van der Waals surface area contributed by atoms with Crippen LogP contribution >= 0.6 is 0 Å². The molecule has 2 rings (SSSR count). The minimum atomic E-state index is 0.0377. The standard InChI is InChI=1S/C16H22N2O/c1-12-3-4-13(2)15(11-12)16(19)18-10-7-14-5-8-17-9-6-14/h3-5,11,17H,6-10H2,1-2H3,(H,18,19). The molecule has 1 aromatic carbocycles. The van der Waals surface area contributed by atoms with E-state index in [0.717, 1.165) is 49.2 Å². The molecule has 0 bridgehead atoms. The van der Waals surface area contributed by atoms with Crippen LogP contribution < -0.4 is 10.6 Å². The van der Waals surface area contributed by atoms with Crippen molar-refractivity contribution in [3.05, 3.63) is 46.5 Å². The van der Waals surface area contributed by atoms with E-state index in [1.54, 1.807) is 0 Å². The SMILES string of the molecule is Cc1ccc(C)c(C(=O)NCCC2=CCNCC2)c1. The van der Waals surface area contributed by atoms with Crippen LogP contribution in [0.1, 0.15) is 34.3 Å². The molecule has 1 heterocycles. The smallest absolute Gasteiger partial charge is 0.251 e. The summed E-state index contributed by atoms with van der Waals surface area (Å²) in [5, 5.41) is 6.30. The molecule has 102 valence electrons. The van der Waals surface area contributed by atoms with Crippen LogP contribution in [0.4, 0.5) is 0 Å². The van der Waals surface area contributed by atoms with E-state index in [0.29, 0.717) is 0 Å². The van der Waals surface area contributed by atoms with Gasteiger partial charge in [0.1, 0.15) is 0 Å². The van der Waals surface area contributed by atoms with E-state index in [4.69, 9.17) is 0 Å². The van der Waals surface area contributed by atoms with E-state index in [9.17, 15) is 4.79 Å². The predicted octanol–water partition coefficient (Wildman–Crippen LogP) is 2.34. The summed E-state index contributed by atoms with van der Waals surface area (Å²) in [4.78, 5) is 12.1. The summed E-state index contributed by atoms with van der Waals surface area (Å²) in [5.74, 6) is 0.0377. The molecule has 1 amide bonds. The molecule has 0 saturated carbocycles. The lowest BCUT2D eigenvalue weighted by Crippen LogP contribution is -2.27. The monoisotopic (exact) mass is 258 g/mol. The highest BCUT2D eigenvalue weighted by Crippen LogP contribution is 2.11. The molecule has 0 aromatic heterocycles. The Bertz CT molecular complexity index is 492. The lowest BCUT2D eigenvalue weighted by atomic mass is 10.0. The van der Waals surface area contributed by atoms with Crippen LogP contribution in [0.25, 0.3) is 0 Å². The Labute approximate surface area is 115 Å². The third kappa shape index (κ3) is 3.93. The number of benzene rings is 1. The highest BCUT2D eigenvalue weighted by atomic mass is 16.1. The molecule has 1 aliphatic heterocycles. The zero-order valence-corrected chi connectivity index (χ0v) is 11.8. The van der Waals surface area contributed by atoms with Crippen molar-refractivity contribution in [2.24, 2.45) is 0 Å². The van der Waals surface area contributed by atoms with Gasteiger partial charge in [-0.05, 0) is 44.9 Å². The summed E-state index contributed by atoms with van der Waals surface area (Å²) in [7, 11) is 0. The molecule has 2 N–H and O–H groups in total. The van der Waals surface area contributed by atoms with Gasteiger partial charge in [-0.1, -0.05) is 29.3 Å². The van der Waals surface area contributed by atoms with E-state index >= 15 is 0 Å². The molecule has 1 aliphatic rings. The van der Waals surface area contributed by atoms with Crippen LogP contribution in [-0.2, 0) is 0 Å². The Morgan fingerprint density at radius 2 is 2.21 bits per heavy atom. The van der Waals surface area contributed by atoms with Gasteiger partial charge in [0.2, 0.25) is 0 Å². The molecule has 0 spiro atoms. The van der Waals surface area contributed by atoms with Gasteiger partial charge in [0.15, 0.2) is 0 Å². The van der Waals surface area contributed by atoms with E-state index in [2.05, 4.69) is 16.7 Å². The van der Waals surface area contributed by atoms with Crippen LogP contribution in [0.3, 0.4) is 0 Å². The first-order valence-corrected chi connectivity index (χ1v) is 6.91. The van der Waals surface area contributed by atoms with Crippen LogP contribution in [0.5, 0.6) is 0 Å². The van der Waals surface area contributed by atoms with Crippen LogP contribution in [0, 0.1) is 13.8 Å². The van der Waals surface area contributed by atoms with Crippen molar-refractivity contribution in [1.82, 2.24) is 10.6 Å². The topological polar surface area (TPSA) is 41.1 Å². The molecule has 0 unspecified atom stereocenters. The van der Waals surface area contributed by atoms with Crippen molar-refractivity contribution in [1.29, 1.82) is 0 Å². The second kappa shape index (κ2) is 6.53. The van der Waals surface area contributed by atoms with Crippen molar-refractivity contribution in [3.63, 3.8) is 0 Å². The average molecular weight is 258 g/mol. The molecule has 1 aromatic rings. The largest absolute Gasteiger partial charge is 0.352 e. The van der Waals surface area contributed by atoms with Gasteiger partial charge in [-0.25, -0.2) is 0 Å². The molecular weight excluding hydrogens is 236 g/mol. The van der Waals surface area contributed by atoms with E-state index in [1.165, 1.54) is 5.57 Å². The first-order valence-electron chi connectivity index (χ1n) is 6.91. The van der Waals surface area contributed by atoms with Crippen LogP contribution in [-0.4, -0.2) is 25.5 Å². The van der Waals surface area contributed by atoms with Gasteiger partial charge in [-0.2, -0.15) is 0 Å². The maximum absolute atomic E-state index is 12.1. The summed E-state index contributed by atoms with van der Waals surface area (Å²) in [6, 6.07) is 5.99. The Hall–Kier alpha value is -1.61. The molecule has 0 fully saturated rings. The van der Waals surface area contributed by atoms with E-state index in [1.807, 2.05) is 32.0 Å². The summed E-state index contributed by atoms with van der Waals surface area (Å²) < 4.78 is 0. The minimum absolute atomic E-state index is 0.0377. The second-order valence-corrected chi connectivity index (χ2v) is 5.14. The number of carbonyl (C=O) groups is 1. The van der Waals surface area contributed by atoms with Crippen molar-refractivity contribution < 1.29 is 4.79 Å². The Balaban J connectivity index is 1.87. The summed E-state index contributed by atoms with van der Waals surface area (Å²) in [6.07, 6.45) is 4.28.